The molecule has 4 aromatic rings. The summed E-state index contributed by atoms with van der Waals surface area (Å²) >= 11 is 0. The number of carbonyl (C=O) groups is 1. The molecule has 1 saturated heterocycles. The van der Waals surface area contributed by atoms with Crippen LogP contribution < -0.4 is 15.9 Å². The van der Waals surface area contributed by atoms with Crippen LogP contribution in [-0.4, -0.2) is 67.2 Å². The Kier molecular flexibility index (Phi) is 6.86. The molecule has 0 spiro atoms. The zero-order valence-corrected chi connectivity index (χ0v) is 24.2. The first-order valence-corrected chi connectivity index (χ1v) is 14.1. The largest absolute Gasteiger partial charge is 0.507 e. The van der Waals surface area contributed by atoms with Crippen LogP contribution in [0.1, 0.15) is 37.9 Å². The van der Waals surface area contributed by atoms with Gasteiger partial charge >= 0.3 is 5.69 Å². The number of carbonyl (C=O) groups excluding carboxylic acids is 1. The van der Waals surface area contributed by atoms with E-state index in [0.29, 0.717) is 23.5 Å². The molecule has 1 amide bonds. The van der Waals surface area contributed by atoms with Crippen LogP contribution >= 0.6 is 0 Å². The van der Waals surface area contributed by atoms with Gasteiger partial charge in [-0.25, -0.2) is 23.1 Å². The van der Waals surface area contributed by atoms with E-state index in [-0.39, 0.29) is 59.5 Å². The van der Waals surface area contributed by atoms with Crippen molar-refractivity contribution in [3.63, 3.8) is 0 Å². The Bertz CT molecular complexity index is 1850. The van der Waals surface area contributed by atoms with Crippen molar-refractivity contribution >= 4 is 28.4 Å². The van der Waals surface area contributed by atoms with Gasteiger partial charge in [0.2, 0.25) is 5.91 Å². The normalized spacial score (nSPS) is 17.9. The number of halogens is 2. The van der Waals surface area contributed by atoms with Crippen molar-refractivity contribution in [3.05, 3.63) is 76.5 Å². The molecule has 2 aliphatic rings. The van der Waals surface area contributed by atoms with Crippen LogP contribution in [-0.2, 0) is 4.79 Å². The highest BCUT2D eigenvalue weighted by Crippen LogP contribution is 2.43. The molecular weight excluding hydrogens is 556 g/mol. The SMILES string of the molecule is C=CC(=O)N1CC(C)N2c3nc(=O)n(-c4c(C)ccnc4C(C)C)c4nc(-c5c(O)cccc5F)c(F)c(c34)NCC2C1. The predicted octanol–water partition coefficient (Wildman–Crippen LogP) is 4.28. The predicted molar refractivity (Wildman–Crippen MR) is 160 cm³/mol. The number of phenols is 1. The van der Waals surface area contributed by atoms with E-state index in [9.17, 15) is 14.7 Å². The Morgan fingerprint density at radius 1 is 1.21 bits per heavy atom. The number of fused-ring (bicyclic) bond motifs is 2. The number of aryl methyl sites for hydroxylation is 1. The Morgan fingerprint density at radius 3 is 2.67 bits per heavy atom. The summed E-state index contributed by atoms with van der Waals surface area (Å²) in [6.07, 6.45) is 2.90. The fourth-order valence-electron chi connectivity index (χ4n) is 6.22. The summed E-state index contributed by atoms with van der Waals surface area (Å²) in [5, 5.41) is 14.0. The zero-order valence-electron chi connectivity index (χ0n) is 24.2. The lowest BCUT2D eigenvalue weighted by Gasteiger charge is -2.45. The maximum Gasteiger partial charge on any atom is 0.355 e. The number of anilines is 2. The van der Waals surface area contributed by atoms with Gasteiger partial charge in [0, 0.05) is 31.9 Å². The third-order valence-electron chi connectivity index (χ3n) is 8.13. The average Bonchev–Trinajstić information content (AvgIpc) is 3.13. The second-order valence-electron chi connectivity index (χ2n) is 11.3. The summed E-state index contributed by atoms with van der Waals surface area (Å²) in [4.78, 5) is 43.9. The summed E-state index contributed by atoms with van der Waals surface area (Å²) in [5.74, 6) is -2.40. The maximum absolute atomic E-state index is 16.6. The molecule has 3 aromatic heterocycles. The van der Waals surface area contributed by atoms with E-state index < -0.39 is 34.3 Å². The molecule has 2 N–H and O–H groups in total. The molecule has 0 saturated carbocycles. The van der Waals surface area contributed by atoms with Gasteiger partial charge in [-0.2, -0.15) is 4.98 Å². The van der Waals surface area contributed by atoms with Crippen molar-refractivity contribution in [2.45, 2.75) is 45.7 Å². The third kappa shape index (κ3) is 4.39. The number of rotatable bonds is 4. The smallest absolute Gasteiger partial charge is 0.355 e. The van der Waals surface area contributed by atoms with Gasteiger partial charge in [0.1, 0.15) is 23.1 Å². The standard InChI is InChI=1S/C31H31F2N7O3/c1-6-21(42)38-13-17(5)39-18(14-38)12-35-26-23-29(36-27(24(26)33)22-19(32)8-7-9-20(22)41)40(31(43)37-30(23)39)28-16(4)10-11-34-25(28)15(2)3/h6-11,15,17-18,35,41H,1,12-14H2,2-5H3. The van der Waals surface area contributed by atoms with Gasteiger partial charge in [-0.3, -0.25) is 9.78 Å². The lowest BCUT2D eigenvalue weighted by molar-refractivity contribution is -0.127. The maximum atomic E-state index is 16.6. The van der Waals surface area contributed by atoms with E-state index in [1.54, 1.807) is 17.2 Å². The molecule has 222 valence electrons. The quantitative estimate of drug-likeness (QED) is 0.340. The summed E-state index contributed by atoms with van der Waals surface area (Å²) in [6, 6.07) is 4.72. The summed E-state index contributed by atoms with van der Waals surface area (Å²) in [7, 11) is 0. The molecule has 6 rings (SSSR count). The molecule has 0 bridgehead atoms. The molecule has 10 nitrogen and oxygen atoms in total. The number of amides is 1. The zero-order chi connectivity index (χ0) is 30.7. The second-order valence-corrected chi connectivity index (χ2v) is 11.3. The van der Waals surface area contributed by atoms with Gasteiger partial charge in [-0.1, -0.05) is 26.5 Å². The van der Waals surface area contributed by atoms with Crippen molar-refractivity contribution in [2.24, 2.45) is 0 Å². The highest BCUT2D eigenvalue weighted by atomic mass is 19.1. The monoisotopic (exact) mass is 587 g/mol. The molecule has 0 aliphatic carbocycles. The Labute approximate surface area is 246 Å². The van der Waals surface area contributed by atoms with E-state index in [1.165, 1.54) is 22.8 Å². The van der Waals surface area contributed by atoms with Crippen molar-refractivity contribution in [2.75, 3.05) is 29.9 Å². The number of nitrogens with zero attached hydrogens (tertiary/aromatic N) is 6. The number of hydrogen-bond donors (Lipinski definition) is 2. The average molecular weight is 588 g/mol. The van der Waals surface area contributed by atoms with E-state index >= 15 is 8.78 Å². The van der Waals surface area contributed by atoms with Crippen molar-refractivity contribution in [1.82, 2.24) is 24.4 Å². The number of nitrogens with one attached hydrogen (secondary N) is 1. The number of aromatic hydroxyl groups is 1. The number of benzene rings is 1. The molecule has 0 radical (unpaired) electrons. The van der Waals surface area contributed by atoms with Crippen LogP contribution in [0.4, 0.5) is 20.3 Å². The van der Waals surface area contributed by atoms with Crippen molar-refractivity contribution < 1.29 is 18.7 Å². The first-order valence-electron chi connectivity index (χ1n) is 14.1. The fourth-order valence-corrected chi connectivity index (χ4v) is 6.22. The lowest BCUT2D eigenvalue weighted by atomic mass is 10.0. The summed E-state index contributed by atoms with van der Waals surface area (Å²) in [5.41, 5.74) is 0.207. The summed E-state index contributed by atoms with van der Waals surface area (Å²) in [6.45, 7) is 12.0. The van der Waals surface area contributed by atoms with E-state index in [2.05, 4.69) is 26.8 Å². The molecule has 12 heteroatoms. The second kappa shape index (κ2) is 10.4. The topological polar surface area (TPSA) is 116 Å². The number of pyridine rings is 2. The van der Waals surface area contributed by atoms with Gasteiger partial charge in [0.25, 0.3) is 0 Å². The molecule has 5 heterocycles. The van der Waals surface area contributed by atoms with Crippen LogP contribution in [0.3, 0.4) is 0 Å². The van der Waals surface area contributed by atoms with Crippen LogP contribution in [0.15, 0.2) is 47.9 Å². The minimum atomic E-state index is -0.903. The lowest BCUT2D eigenvalue weighted by Crippen LogP contribution is -2.61. The van der Waals surface area contributed by atoms with Gasteiger partial charge in [-0.05, 0) is 49.6 Å². The fraction of sp³-hybridized carbons (Fsp3) is 0.323. The van der Waals surface area contributed by atoms with Gasteiger partial charge < -0.3 is 20.2 Å². The molecule has 43 heavy (non-hydrogen) atoms. The molecule has 2 unspecified atom stereocenters. The van der Waals surface area contributed by atoms with E-state index in [4.69, 9.17) is 0 Å². The van der Waals surface area contributed by atoms with Gasteiger partial charge in [0.05, 0.1) is 34.1 Å². The third-order valence-corrected chi connectivity index (χ3v) is 8.13. The Morgan fingerprint density at radius 2 is 1.98 bits per heavy atom. The first-order chi connectivity index (χ1) is 20.5. The Balaban J connectivity index is 1.73. The highest BCUT2D eigenvalue weighted by Gasteiger charge is 2.40. The molecule has 1 fully saturated rings. The molecular formula is C31H31F2N7O3. The van der Waals surface area contributed by atoms with Crippen molar-refractivity contribution in [3.8, 4) is 22.7 Å². The first kappa shape index (κ1) is 28.3. The van der Waals surface area contributed by atoms with Crippen LogP contribution in [0, 0.1) is 18.6 Å². The summed E-state index contributed by atoms with van der Waals surface area (Å²) < 4.78 is 33.0. The number of phenolic OH excluding ortho intramolecular Hbond substituents is 1. The number of aromatic nitrogens is 4. The van der Waals surface area contributed by atoms with Crippen LogP contribution in [0.2, 0.25) is 0 Å². The molecule has 2 atom stereocenters. The van der Waals surface area contributed by atoms with E-state index in [0.717, 1.165) is 6.07 Å². The molecule has 1 aromatic carbocycles. The van der Waals surface area contributed by atoms with Gasteiger partial charge in [0.15, 0.2) is 11.5 Å². The minimum Gasteiger partial charge on any atom is -0.507 e. The molecule has 2 aliphatic heterocycles. The number of piperazine rings is 1. The number of hydrogen-bond acceptors (Lipinski definition) is 8. The minimum absolute atomic E-state index is 0.0326. The Hall–Kier alpha value is -4.87. The van der Waals surface area contributed by atoms with Gasteiger partial charge in [-0.15, -0.1) is 0 Å². The van der Waals surface area contributed by atoms with Crippen LogP contribution in [0.25, 0.3) is 28.0 Å². The highest BCUT2D eigenvalue weighted by molar-refractivity contribution is 6.02. The van der Waals surface area contributed by atoms with Crippen molar-refractivity contribution in [1.29, 1.82) is 0 Å². The van der Waals surface area contributed by atoms with Crippen LogP contribution in [0.5, 0.6) is 5.75 Å². The van der Waals surface area contributed by atoms with E-state index in [1.807, 2.05) is 32.6 Å².